The van der Waals surface area contributed by atoms with Gasteiger partial charge in [-0.1, -0.05) is 6.07 Å². The molecule has 2 rings (SSSR count). The number of aromatic nitrogens is 1. The number of hydrogen-bond acceptors (Lipinski definition) is 2. The van der Waals surface area contributed by atoms with Crippen LogP contribution in [0.3, 0.4) is 0 Å². The van der Waals surface area contributed by atoms with Gasteiger partial charge in [0.05, 0.1) is 6.54 Å². The van der Waals surface area contributed by atoms with E-state index in [9.17, 15) is 13.6 Å². The molecule has 0 saturated carbocycles. The van der Waals surface area contributed by atoms with Crippen molar-refractivity contribution in [1.82, 2.24) is 4.57 Å². The van der Waals surface area contributed by atoms with Crippen LogP contribution >= 0.6 is 0 Å². The number of rotatable bonds is 2. The Morgan fingerprint density at radius 2 is 2.00 bits per heavy atom. The van der Waals surface area contributed by atoms with Gasteiger partial charge >= 0.3 is 0 Å². The molecule has 1 aromatic carbocycles. The van der Waals surface area contributed by atoms with Crippen molar-refractivity contribution in [1.29, 1.82) is 5.26 Å². The molecule has 0 radical (unpaired) electrons. The lowest BCUT2D eigenvalue weighted by Crippen LogP contribution is -2.22. The third-order valence-electron chi connectivity index (χ3n) is 2.48. The van der Waals surface area contributed by atoms with Crippen molar-refractivity contribution in [3.63, 3.8) is 0 Å². The van der Waals surface area contributed by atoms with Crippen LogP contribution in [0.25, 0.3) is 0 Å². The summed E-state index contributed by atoms with van der Waals surface area (Å²) in [4.78, 5) is 11.7. The summed E-state index contributed by atoms with van der Waals surface area (Å²) >= 11 is 0. The van der Waals surface area contributed by atoms with Gasteiger partial charge in [-0.15, -0.1) is 0 Å². The van der Waals surface area contributed by atoms with E-state index >= 15 is 0 Å². The third kappa shape index (κ3) is 2.28. The van der Waals surface area contributed by atoms with Crippen LogP contribution in [0.4, 0.5) is 8.78 Å². The molecule has 5 heteroatoms. The van der Waals surface area contributed by atoms with Crippen molar-refractivity contribution in [3.05, 3.63) is 69.6 Å². The van der Waals surface area contributed by atoms with E-state index in [-0.39, 0.29) is 12.1 Å². The summed E-state index contributed by atoms with van der Waals surface area (Å²) in [5.74, 6) is -1.89. The molecule has 1 heterocycles. The zero-order valence-corrected chi connectivity index (χ0v) is 9.23. The van der Waals surface area contributed by atoms with E-state index in [4.69, 9.17) is 5.26 Å². The van der Waals surface area contributed by atoms with Crippen LogP contribution < -0.4 is 5.56 Å². The molecule has 1 aromatic heterocycles. The third-order valence-corrected chi connectivity index (χ3v) is 2.48. The van der Waals surface area contributed by atoms with E-state index in [0.717, 1.165) is 12.1 Å². The molecule has 0 aliphatic carbocycles. The first-order valence-electron chi connectivity index (χ1n) is 5.15. The number of benzene rings is 1. The Bertz CT molecular complexity index is 686. The first-order valence-corrected chi connectivity index (χ1v) is 5.15. The predicted octanol–water partition coefficient (Wildman–Crippen LogP) is 2.05. The number of halogens is 2. The van der Waals surface area contributed by atoms with Gasteiger partial charge in [-0.25, -0.2) is 8.78 Å². The van der Waals surface area contributed by atoms with E-state index in [1.54, 1.807) is 12.1 Å². The molecule has 0 atom stereocenters. The average Bonchev–Trinajstić information content (AvgIpc) is 2.36. The molecule has 90 valence electrons. The molecule has 0 aliphatic rings. The second kappa shape index (κ2) is 4.80. The van der Waals surface area contributed by atoms with Crippen LogP contribution in [-0.2, 0) is 6.54 Å². The Balaban J connectivity index is 2.38. The van der Waals surface area contributed by atoms with E-state index in [2.05, 4.69) is 0 Å². The number of nitriles is 1. The highest BCUT2D eigenvalue weighted by Crippen LogP contribution is 2.09. The molecule has 0 spiro atoms. The van der Waals surface area contributed by atoms with Crippen molar-refractivity contribution in [2.24, 2.45) is 0 Å². The lowest BCUT2D eigenvalue weighted by Gasteiger charge is -2.06. The standard InChI is InChI=1S/C13H8F2N2O/c14-11-4-3-9(6-12(11)15)8-17-5-1-2-10(7-16)13(17)18/h1-6H,8H2. The van der Waals surface area contributed by atoms with Gasteiger partial charge in [-0.2, -0.15) is 5.26 Å². The first kappa shape index (κ1) is 12.0. The van der Waals surface area contributed by atoms with Crippen molar-refractivity contribution in [3.8, 4) is 6.07 Å². The summed E-state index contributed by atoms with van der Waals surface area (Å²) < 4.78 is 27.0. The zero-order chi connectivity index (χ0) is 13.1. The highest BCUT2D eigenvalue weighted by Gasteiger charge is 2.05. The lowest BCUT2D eigenvalue weighted by atomic mass is 10.2. The molecular weight excluding hydrogens is 238 g/mol. The number of hydrogen-bond donors (Lipinski definition) is 0. The van der Waals surface area contributed by atoms with Gasteiger partial charge in [0.15, 0.2) is 11.6 Å². The number of nitrogens with zero attached hydrogens (tertiary/aromatic N) is 2. The van der Waals surface area contributed by atoms with Gasteiger partial charge in [0, 0.05) is 6.20 Å². The largest absolute Gasteiger partial charge is 0.310 e. The maximum Gasteiger partial charge on any atom is 0.268 e. The van der Waals surface area contributed by atoms with E-state index in [1.807, 2.05) is 0 Å². The van der Waals surface area contributed by atoms with Gasteiger partial charge in [0.1, 0.15) is 11.6 Å². The molecule has 0 aliphatic heterocycles. The summed E-state index contributed by atoms with van der Waals surface area (Å²) in [6.07, 6.45) is 1.49. The summed E-state index contributed by atoms with van der Waals surface area (Å²) in [7, 11) is 0. The Hall–Kier alpha value is -2.48. The topological polar surface area (TPSA) is 45.8 Å². The van der Waals surface area contributed by atoms with Crippen molar-refractivity contribution >= 4 is 0 Å². The highest BCUT2D eigenvalue weighted by molar-refractivity contribution is 5.26. The lowest BCUT2D eigenvalue weighted by molar-refractivity contribution is 0.506. The van der Waals surface area contributed by atoms with Gasteiger partial charge in [-0.05, 0) is 29.8 Å². The van der Waals surface area contributed by atoms with Gasteiger partial charge in [0.25, 0.3) is 5.56 Å². The van der Waals surface area contributed by atoms with Crippen LogP contribution in [-0.4, -0.2) is 4.57 Å². The summed E-state index contributed by atoms with van der Waals surface area (Å²) in [5.41, 5.74) is 0.0101. The molecular formula is C13H8F2N2O. The normalized spacial score (nSPS) is 10.1. The maximum atomic E-state index is 13.0. The molecule has 18 heavy (non-hydrogen) atoms. The van der Waals surface area contributed by atoms with Crippen molar-refractivity contribution in [2.75, 3.05) is 0 Å². The quantitative estimate of drug-likeness (QED) is 0.814. The average molecular weight is 246 g/mol. The molecule has 2 aromatic rings. The van der Waals surface area contributed by atoms with Gasteiger partial charge < -0.3 is 4.57 Å². The minimum Gasteiger partial charge on any atom is -0.310 e. The maximum absolute atomic E-state index is 13.0. The Kier molecular flexibility index (Phi) is 3.20. The summed E-state index contributed by atoms with van der Waals surface area (Å²) in [6.45, 7) is 0.0888. The molecule has 0 bridgehead atoms. The monoisotopic (exact) mass is 246 g/mol. The molecule has 0 saturated heterocycles. The van der Waals surface area contributed by atoms with Crippen molar-refractivity contribution < 1.29 is 8.78 Å². The molecule has 0 fully saturated rings. The van der Waals surface area contributed by atoms with Crippen molar-refractivity contribution in [2.45, 2.75) is 6.54 Å². The minimum atomic E-state index is -0.961. The van der Waals surface area contributed by atoms with Crippen LogP contribution in [0.5, 0.6) is 0 Å². The summed E-state index contributed by atoms with van der Waals surface area (Å²) in [6, 6.07) is 8.16. The molecule has 0 unspecified atom stereocenters. The molecule has 0 amide bonds. The van der Waals surface area contributed by atoms with Gasteiger partial charge in [0.2, 0.25) is 0 Å². The van der Waals surface area contributed by atoms with Crippen LogP contribution in [0.2, 0.25) is 0 Å². The smallest absolute Gasteiger partial charge is 0.268 e. The van der Waals surface area contributed by atoms with E-state index < -0.39 is 17.2 Å². The minimum absolute atomic E-state index is 0.0140. The fourth-order valence-electron chi connectivity index (χ4n) is 1.58. The SMILES string of the molecule is N#Cc1cccn(Cc2ccc(F)c(F)c2)c1=O. The fraction of sp³-hybridized carbons (Fsp3) is 0.0769. The Labute approximate surface area is 102 Å². The second-order valence-electron chi connectivity index (χ2n) is 3.72. The fourth-order valence-corrected chi connectivity index (χ4v) is 1.58. The van der Waals surface area contributed by atoms with Crippen LogP contribution in [0.1, 0.15) is 11.1 Å². The predicted molar refractivity (Wildman–Crippen MR) is 60.9 cm³/mol. The van der Waals surface area contributed by atoms with Gasteiger partial charge in [-0.3, -0.25) is 4.79 Å². The highest BCUT2D eigenvalue weighted by atomic mass is 19.2. The van der Waals surface area contributed by atoms with E-state index in [0.29, 0.717) is 5.56 Å². The number of pyridine rings is 1. The van der Waals surface area contributed by atoms with Crippen LogP contribution in [0, 0.1) is 23.0 Å². The molecule has 3 nitrogen and oxygen atoms in total. The second-order valence-corrected chi connectivity index (χ2v) is 3.72. The zero-order valence-electron chi connectivity index (χ0n) is 9.23. The first-order chi connectivity index (χ1) is 8.61. The Morgan fingerprint density at radius 1 is 1.22 bits per heavy atom. The summed E-state index contributed by atoms with van der Waals surface area (Å²) in [5, 5.41) is 8.72. The van der Waals surface area contributed by atoms with E-state index in [1.165, 1.54) is 22.9 Å². The Morgan fingerprint density at radius 3 is 2.67 bits per heavy atom. The van der Waals surface area contributed by atoms with Crippen LogP contribution in [0.15, 0.2) is 41.3 Å². The molecule has 0 N–H and O–H groups in total.